The molecule has 0 amide bonds. The van der Waals surface area contributed by atoms with Crippen molar-refractivity contribution >= 4 is 11.9 Å². The molecule has 0 unspecified atom stereocenters. The van der Waals surface area contributed by atoms with Crippen LogP contribution in [-0.4, -0.2) is 23.1 Å². The Kier molecular flexibility index (Phi) is 2.78. The van der Waals surface area contributed by atoms with Crippen LogP contribution in [0, 0.1) is 5.92 Å². The van der Waals surface area contributed by atoms with E-state index < -0.39 is 23.1 Å². The zero-order chi connectivity index (χ0) is 11.9. The van der Waals surface area contributed by atoms with Crippen molar-refractivity contribution in [1.29, 1.82) is 0 Å². The Morgan fingerprint density at radius 1 is 1.20 bits per heavy atom. The molecule has 1 rings (SSSR count). The Bertz CT molecular complexity index is 298. The Hall–Kier alpha value is -1.10. The van der Waals surface area contributed by atoms with E-state index in [-0.39, 0.29) is 18.8 Å². The summed E-state index contributed by atoms with van der Waals surface area (Å²) in [6, 6.07) is 0. The van der Waals surface area contributed by atoms with E-state index in [0.717, 1.165) is 0 Å². The molecule has 1 aliphatic heterocycles. The van der Waals surface area contributed by atoms with Crippen LogP contribution in [0.15, 0.2) is 0 Å². The van der Waals surface area contributed by atoms with Crippen molar-refractivity contribution in [1.82, 2.24) is 0 Å². The SMILES string of the molecule is CC(C)[C@]1(C(=O)[O-])CC[C@@](C)(C(=O)[O-])O1. The smallest absolute Gasteiger partial charge is 0.111 e. The number of carboxylic acids is 2. The van der Waals surface area contributed by atoms with Crippen molar-refractivity contribution < 1.29 is 24.5 Å². The second-order valence-corrected chi connectivity index (χ2v) is 4.45. The summed E-state index contributed by atoms with van der Waals surface area (Å²) < 4.78 is 5.20. The maximum absolute atomic E-state index is 11.0. The summed E-state index contributed by atoms with van der Waals surface area (Å²) in [6.45, 7) is 4.66. The van der Waals surface area contributed by atoms with Gasteiger partial charge in [-0.3, -0.25) is 0 Å². The summed E-state index contributed by atoms with van der Waals surface area (Å²) in [7, 11) is 0. The van der Waals surface area contributed by atoms with Gasteiger partial charge in [-0.15, -0.1) is 0 Å². The number of rotatable bonds is 3. The van der Waals surface area contributed by atoms with Crippen LogP contribution in [0.3, 0.4) is 0 Å². The fourth-order valence-corrected chi connectivity index (χ4v) is 1.86. The predicted octanol–water partition coefficient (Wildman–Crippen LogP) is -1.55. The van der Waals surface area contributed by atoms with E-state index in [4.69, 9.17) is 4.74 Å². The van der Waals surface area contributed by atoms with Gasteiger partial charge in [0.1, 0.15) is 11.2 Å². The zero-order valence-corrected chi connectivity index (χ0v) is 9.03. The molecule has 5 heteroatoms. The largest absolute Gasteiger partial charge is 0.547 e. The minimum Gasteiger partial charge on any atom is -0.547 e. The lowest BCUT2D eigenvalue weighted by atomic mass is 9.87. The van der Waals surface area contributed by atoms with Gasteiger partial charge in [-0.05, 0) is 25.7 Å². The molecule has 15 heavy (non-hydrogen) atoms. The van der Waals surface area contributed by atoms with Crippen LogP contribution < -0.4 is 10.2 Å². The van der Waals surface area contributed by atoms with E-state index in [1.165, 1.54) is 6.92 Å². The fourth-order valence-electron chi connectivity index (χ4n) is 1.86. The molecule has 0 aromatic heterocycles. The van der Waals surface area contributed by atoms with Gasteiger partial charge in [0.05, 0.1) is 11.9 Å². The van der Waals surface area contributed by atoms with Crippen molar-refractivity contribution in [3.05, 3.63) is 0 Å². The lowest BCUT2D eigenvalue weighted by Crippen LogP contribution is -2.55. The first kappa shape index (κ1) is 12.0. The van der Waals surface area contributed by atoms with Crippen molar-refractivity contribution in [3.63, 3.8) is 0 Å². The normalized spacial score (nSPS) is 35.7. The monoisotopic (exact) mass is 214 g/mol. The van der Waals surface area contributed by atoms with Crippen LogP contribution in [0.1, 0.15) is 33.6 Å². The highest BCUT2D eigenvalue weighted by Crippen LogP contribution is 2.41. The third kappa shape index (κ3) is 1.71. The molecular formula is C10H14O5-2. The predicted molar refractivity (Wildman–Crippen MR) is 46.3 cm³/mol. The van der Waals surface area contributed by atoms with Crippen LogP contribution in [0.2, 0.25) is 0 Å². The minimum absolute atomic E-state index is 0.126. The Morgan fingerprint density at radius 2 is 1.73 bits per heavy atom. The van der Waals surface area contributed by atoms with E-state index in [1.54, 1.807) is 13.8 Å². The van der Waals surface area contributed by atoms with Crippen LogP contribution in [-0.2, 0) is 14.3 Å². The van der Waals surface area contributed by atoms with E-state index in [9.17, 15) is 19.8 Å². The lowest BCUT2D eigenvalue weighted by molar-refractivity contribution is -0.343. The average Bonchev–Trinajstić information content (AvgIpc) is 2.46. The first-order valence-corrected chi connectivity index (χ1v) is 4.88. The molecule has 0 aromatic rings. The number of carbonyl (C=O) groups is 2. The summed E-state index contributed by atoms with van der Waals surface area (Å²) in [4.78, 5) is 21.8. The Labute approximate surface area is 88.0 Å². The minimum atomic E-state index is -1.52. The van der Waals surface area contributed by atoms with Crippen LogP contribution in [0.5, 0.6) is 0 Å². The van der Waals surface area contributed by atoms with Gasteiger partial charge < -0.3 is 24.5 Å². The molecule has 2 atom stereocenters. The lowest BCUT2D eigenvalue weighted by Gasteiger charge is -2.37. The number of carboxylic acid groups (broad SMARTS) is 2. The summed E-state index contributed by atoms with van der Waals surface area (Å²) in [5, 5.41) is 21.8. The third-order valence-electron chi connectivity index (χ3n) is 3.09. The fraction of sp³-hybridized carbons (Fsp3) is 0.800. The maximum Gasteiger partial charge on any atom is 0.111 e. The van der Waals surface area contributed by atoms with Gasteiger partial charge in [0.25, 0.3) is 0 Å². The van der Waals surface area contributed by atoms with Crippen molar-refractivity contribution in [3.8, 4) is 0 Å². The highest BCUT2D eigenvalue weighted by molar-refractivity contribution is 5.80. The highest BCUT2D eigenvalue weighted by Gasteiger charge is 2.50. The highest BCUT2D eigenvalue weighted by atomic mass is 16.6. The summed E-state index contributed by atoms with van der Waals surface area (Å²) >= 11 is 0. The van der Waals surface area contributed by atoms with E-state index in [1.807, 2.05) is 0 Å². The van der Waals surface area contributed by atoms with E-state index in [2.05, 4.69) is 0 Å². The maximum atomic E-state index is 11.0. The molecule has 0 N–H and O–H groups in total. The standard InChI is InChI=1S/C10H16O5/c1-6(2)10(8(13)14)5-4-9(3,15-10)7(11)12/h6H,4-5H2,1-3H3,(H,11,12)(H,13,14)/p-2/t9-,10-/m0/s1. The number of hydrogen-bond acceptors (Lipinski definition) is 5. The van der Waals surface area contributed by atoms with Gasteiger partial charge in [-0.25, -0.2) is 0 Å². The molecule has 0 radical (unpaired) electrons. The van der Waals surface area contributed by atoms with Crippen molar-refractivity contribution in [2.45, 2.75) is 44.8 Å². The molecule has 0 spiro atoms. The summed E-state index contributed by atoms with van der Waals surface area (Å²) in [6.07, 6.45) is 0.263. The van der Waals surface area contributed by atoms with Crippen LogP contribution in [0.25, 0.3) is 0 Å². The van der Waals surface area contributed by atoms with Gasteiger partial charge >= 0.3 is 0 Å². The second kappa shape index (κ2) is 3.48. The molecule has 0 saturated carbocycles. The molecule has 0 aliphatic carbocycles. The summed E-state index contributed by atoms with van der Waals surface area (Å²) in [5.74, 6) is -3.09. The number of carbonyl (C=O) groups excluding carboxylic acids is 2. The second-order valence-electron chi connectivity index (χ2n) is 4.45. The topological polar surface area (TPSA) is 89.5 Å². The number of hydrogen-bond donors (Lipinski definition) is 0. The molecule has 1 saturated heterocycles. The van der Waals surface area contributed by atoms with Gasteiger partial charge in [0.15, 0.2) is 0 Å². The summed E-state index contributed by atoms with van der Waals surface area (Å²) in [5.41, 5.74) is -3.03. The van der Waals surface area contributed by atoms with Crippen molar-refractivity contribution in [2.24, 2.45) is 5.92 Å². The molecule has 5 nitrogen and oxygen atoms in total. The first-order valence-electron chi connectivity index (χ1n) is 4.88. The molecule has 1 fully saturated rings. The van der Waals surface area contributed by atoms with Crippen LogP contribution >= 0.6 is 0 Å². The van der Waals surface area contributed by atoms with Gasteiger partial charge in [0.2, 0.25) is 0 Å². The molecule has 1 aliphatic rings. The Morgan fingerprint density at radius 3 is 1.93 bits per heavy atom. The van der Waals surface area contributed by atoms with Gasteiger partial charge in [-0.2, -0.15) is 0 Å². The molecule has 1 heterocycles. The van der Waals surface area contributed by atoms with Crippen LogP contribution in [0.4, 0.5) is 0 Å². The van der Waals surface area contributed by atoms with E-state index >= 15 is 0 Å². The zero-order valence-electron chi connectivity index (χ0n) is 9.03. The Balaban J connectivity index is 3.00. The number of aliphatic carboxylic acids is 2. The quantitative estimate of drug-likeness (QED) is 0.567. The van der Waals surface area contributed by atoms with Crippen molar-refractivity contribution in [2.75, 3.05) is 0 Å². The molecule has 0 aromatic carbocycles. The number of ether oxygens (including phenoxy) is 1. The van der Waals surface area contributed by atoms with E-state index in [0.29, 0.717) is 0 Å². The third-order valence-corrected chi connectivity index (χ3v) is 3.09. The van der Waals surface area contributed by atoms with Gasteiger partial charge in [-0.1, -0.05) is 13.8 Å². The molecule has 0 bridgehead atoms. The molecular weight excluding hydrogens is 200 g/mol. The van der Waals surface area contributed by atoms with Gasteiger partial charge in [0, 0.05) is 0 Å². The average molecular weight is 214 g/mol. The first-order chi connectivity index (χ1) is 6.74. The molecule has 86 valence electrons.